The summed E-state index contributed by atoms with van der Waals surface area (Å²) in [6.07, 6.45) is 3.34. The van der Waals surface area contributed by atoms with E-state index < -0.39 is 16.1 Å². The lowest BCUT2D eigenvalue weighted by Crippen LogP contribution is -2.08. The molecule has 0 saturated heterocycles. The summed E-state index contributed by atoms with van der Waals surface area (Å²) in [6.45, 7) is 21.7. The third-order valence-electron chi connectivity index (χ3n) is 3.73. The monoisotopic (exact) mass is 612 g/mol. The topological polar surface area (TPSA) is 144 Å². The van der Waals surface area contributed by atoms with Crippen LogP contribution in [0.1, 0.15) is 41.5 Å². The Labute approximate surface area is 261 Å². The van der Waals surface area contributed by atoms with Gasteiger partial charge >= 0.3 is 0 Å². The Balaban J connectivity index is -0.000000234. The molecule has 2 amide bonds. The number of nitrogens with two attached hydrogens (primary N) is 1. The van der Waals surface area contributed by atoms with Crippen molar-refractivity contribution < 1.29 is 19.3 Å². The number of nitrogens with one attached hydrogen (secondary N) is 2. The second-order valence-electron chi connectivity index (χ2n) is 6.45. The minimum atomic E-state index is -0.557. The van der Waals surface area contributed by atoms with E-state index in [-0.39, 0.29) is 17.3 Å². The third-order valence-corrected chi connectivity index (χ3v) is 3.89. The summed E-state index contributed by atoms with van der Waals surface area (Å²) in [6, 6.07) is 24.6. The third kappa shape index (κ3) is 28.3. The van der Waals surface area contributed by atoms with Crippen LogP contribution in [0.25, 0.3) is 0 Å². The van der Waals surface area contributed by atoms with Gasteiger partial charge in [-0.2, -0.15) is 0 Å². The van der Waals surface area contributed by atoms with Crippen molar-refractivity contribution in [2.45, 2.75) is 41.5 Å². The SMILES string of the molecule is C=CC(=O)Cl.C=CC(=O)Nc1ccccc1.C=CC(=O)Nc1ccccc1[N+](=O)[O-].CC.CC.CC.Nc1ccccc1. The summed E-state index contributed by atoms with van der Waals surface area (Å²) >= 11 is 4.71. The highest BCUT2D eigenvalue weighted by molar-refractivity contribution is 6.66. The number of carbonyl (C=O) groups is 3. The van der Waals surface area contributed by atoms with E-state index in [1.807, 2.05) is 102 Å². The molecule has 0 radical (unpaired) electrons. The number of para-hydroxylation sites is 4. The molecule has 4 N–H and O–H groups in total. The molecule has 3 aromatic carbocycles. The fourth-order valence-corrected chi connectivity index (χ4v) is 2.09. The number of amides is 2. The minimum Gasteiger partial charge on any atom is -0.399 e. The Kier molecular flexibility index (Phi) is 34.7. The van der Waals surface area contributed by atoms with E-state index in [9.17, 15) is 24.5 Å². The fourth-order valence-electron chi connectivity index (χ4n) is 2.09. The smallest absolute Gasteiger partial charge is 0.292 e. The van der Waals surface area contributed by atoms with E-state index in [1.165, 1.54) is 24.3 Å². The summed E-state index contributed by atoms with van der Waals surface area (Å²) in [5, 5.41) is 15.0. The fraction of sp³-hybridized carbons (Fsp3) is 0.182. The van der Waals surface area contributed by atoms with E-state index in [2.05, 4.69) is 30.4 Å². The van der Waals surface area contributed by atoms with Crippen LogP contribution in [0.4, 0.5) is 22.7 Å². The first kappa shape index (κ1) is 45.0. The van der Waals surface area contributed by atoms with Crippen LogP contribution in [0.3, 0.4) is 0 Å². The highest BCUT2D eigenvalue weighted by Crippen LogP contribution is 2.22. The van der Waals surface area contributed by atoms with E-state index in [1.54, 1.807) is 6.07 Å². The number of nitro benzene ring substituents is 1. The van der Waals surface area contributed by atoms with Crippen LogP contribution in [-0.2, 0) is 14.4 Å². The highest BCUT2D eigenvalue weighted by atomic mass is 35.5. The quantitative estimate of drug-likeness (QED) is 0.0833. The Bertz CT molecular complexity index is 1190. The Morgan fingerprint density at radius 2 is 1.07 bits per heavy atom. The van der Waals surface area contributed by atoms with Gasteiger partial charge in [0, 0.05) is 17.4 Å². The largest absolute Gasteiger partial charge is 0.399 e. The van der Waals surface area contributed by atoms with E-state index in [4.69, 9.17) is 17.3 Å². The maximum Gasteiger partial charge on any atom is 0.292 e. The molecule has 43 heavy (non-hydrogen) atoms. The molecule has 0 aromatic heterocycles. The number of hydrogen-bond acceptors (Lipinski definition) is 6. The summed E-state index contributed by atoms with van der Waals surface area (Å²) in [5.74, 6) is -0.657. The van der Waals surface area contributed by atoms with Crippen LogP contribution in [0.15, 0.2) is 123 Å². The number of rotatable bonds is 6. The second-order valence-corrected chi connectivity index (χ2v) is 6.82. The van der Waals surface area contributed by atoms with Crippen molar-refractivity contribution >= 4 is 51.4 Å². The van der Waals surface area contributed by atoms with Crippen LogP contribution in [0, 0.1) is 10.1 Å². The predicted molar refractivity (Wildman–Crippen MR) is 183 cm³/mol. The zero-order chi connectivity index (χ0) is 34.1. The number of allylic oxidation sites excluding steroid dienone is 1. The highest BCUT2D eigenvalue weighted by Gasteiger charge is 2.12. The van der Waals surface area contributed by atoms with Crippen molar-refractivity contribution in [1.82, 2.24) is 0 Å². The number of benzene rings is 3. The molecule has 0 saturated carbocycles. The molecule has 0 atom stereocenters. The van der Waals surface area contributed by atoms with Gasteiger partial charge in [-0.25, -0.2) is 0 Å². The van der Waals surface area contributed by atoms with E-state index in [0.29, 0.717) is 0 Å². The summed E-state index contributed by atoms with van der Waals surface area (Å²) < 4.78 is 0. The lowest BCUT2D eigenvalue weighted by Gasteiger charge is -2.01. The standard InChI is InChI=1S/C9H8N2O3.C9H9NO.C6H7N.C3H3ClO.3C2H6/c1-2-9(12)10-7-5-3-4-6-8(7)11(13)14;1-2-9(11)10-8-6-4-3-5-7-8;7-6-4-2-1-3-5-6;1-2-3(4)5;3*1-2/h2-6H,1H2,(H,10,12);2-7H,1H2,(H,10,11);1-5H,7H2;2H,1H2;3*1-2H3. The normalized spacial score (nSPS) is 7.79. The molecule has 0 fully saturated rings. The van der Waals surface area contributed by atoms with Gasteiger partial charge < -0.3 is 16.4 Å². The van der Waals surface area contributed by atoms with Gasteiger partial charge in [0.05, 0.1) is 4.92 Å². The first-order chi connectivity index (χ1) is 20.6. The number of hydrogen-bond donors (Lipinski definition) is 3. The molecular formula is C33H45ClN4O5. The lowest BCUT2D eigenvalue weighted by molar-refractivity contribution is -0.383. The van der Waals surface area contributed by atoms with Crippen molar-refractivity contribution in [2.75, 3.05) is 16.4 Å². The molecule has 10 heteroatoms. The van der Waals surface area contributed by atoms with Crippen LogP contribution in [-0.4, -0.2) is 22.0 Å². The maximum absolute atomic E-state index is 10.9. The Morgan fingerprint density at radius 3 is 1.42 bits per heavy atom. The molecule has 234 valence electrons. The first-order valence-electron chi connectivity index (χ1n) is 13.4. The number of carbonyl (C=O) groups excluding carboxylic acids is 3. The van der Waals surface area contributed by atoms with Gasteiger partial charge in [-0.1, -0.05) is 110 Å². The summed E-state index contributed by atoms with van der Waals surface area (Å²) in [7, 11) is 0. The maximum atomic E-state index is 10.9. The van der Waals surface area contributed by atoms with Gasteiger partial charge in [0.2, 0.25) is 17.1 Å². The van der Waals surface area contributed by atoms with Gasteiger partial charge in [0.1, 0.15) is 5.69 Å². The first-order valence-corrected chi connectivity index (χ1v) is 13.8. The number of halogens is 1. The van der Waals surface area contributed by atoms with Crippen LogP contribution in [0.5, 0.6) is 0 Å². The van der Waals surface area contributed by atoms with Crippen LogP contribution < -0.4 is 16.4 Å². The van der Waals surface area contributed by atoms with Crippen molar-refractivity contribution in [2.24, 2.45) is 0 Å². The number of nitrogen functional groups attached to an aromatic ring is 1. The van der Waals surface area contributed by atoms with Crippen molar-refractivity contribution in [3.05, 3.63) is 133 Å². The zero-order valence-electron chi connectivity index (χ0n) is 25.9. The van der Waals surface area contributed by atoms with Gasteiger partial charge in [0.15, 0.2) is 0 Å². The van der Waals surface area contributed by atoms with Gasteiger partial charge in [-0.3, -0.25) is 24.5 Å². The molecule has 9 nitrogen and oxygen atoms in total. The number of nitro groups is 1. The number of anilines is 3. The molecule has 0 aliphatic rings. The average Bonchev–Trinajstić information content (AvgIpc) is 3.05. The van der Waals surface area contributed by atoms with Crippen LogP contribution >= 0.6 is 11.6 Å². The van der Waals surface area contributed by atoms with Gasteiger partial charge in [-0.15, -0.1) is 0 Å². The Morgan fingerprint density at radius 1 is 0.698 bits per heavy atom. The summed E-state index contributed by atoms with van der Waals surface area (Å²) in [5.41, 5.74) is 7.00. The van der Waals surface area contributed by atoms with E-state index in [0.717, 1.165) is 23.5 Å². The molecular weight excluding hydrogens is 568 g/mol. The second kappa shape index (κ2) is 33.2. The van der Waals surface area contributed by atoms with Gasteiger partial charge in [-0.05, 0) is 60.2 Å². The van der Waals surface area contributed by atoms with Crippen molar-refractivity contribution in [3.8, 4) is 0 Å². The molecule has 0 aliphatic heterocycles. The molecule has 0 aliphatic carbocycles. The summed E-state index contributed by atoms with van der Waals surface area (Å²) in [4.78, 5) is 41.1. The van der Waals surface area contributed by atoms with Crippen LogP contribution in [0.2, 0.25) is 0 Å². The molecule has 0 spiro atoms. The van der Waals surface area contributed by atoms with E-state index >= 15 is 0 Å². The minimum absolute atomic E-state index is 0.136. The molecule has 0 heterocycles. The lowest BCUT2D eigenvalue weighted by atomic mass is 10.2. The van der Waals surface area contributed by atoms with Gasteiger partial charge in [0.25, 0.3) is 5.69 Å². The van der Waals surface area contributed by atoms with Crippen molar-refractivity contribution in [1.29, 1.82) is 0 Å². The molecule has 0 unspecified atom stereocenters. The molecule has 0 bridgehead atoms. The molecule has 3 aromatic rings. The van der Waals surface area contributed by atoms with Crippen molar-refractivity contribution in [3.63, 3.8) is 0 Å². The predicted octanol–water partition coefficient (Wildman–Crippen LogP) is 8.82. The number of nitrogens with zero attached hydrogens (tertiary/aromatic N) is 1. The average molecular weight is 613 g/mol. The molecule has 3 rings (SSSR count). The Hall–Kier alpha value is -5.02. The zero-order valence-corrected chi connectivity index (χ0v) is 26.6.